The van der Waals surface area contributed by atoms with E-state index in [1.165, 1.54) is 0 Å². The van der Waals surface area contributed by atoms with Crippen LogP contribution in [0.1, 0.15) is 70.4 Å². The highest BCUT2D eigenvalue weighted by Gasteiger charge is 2.39. The Kier molecular flexibility index (Phi) is 11.3. The number of nitrogens with zero attached hydrogens (tertiary/aromatic N) is 3. The van der Waals surface area contributed by atoms with Crippen molar-refractivity contribution in [3.8, 4) is 11.3 Å². The molecule has 0 bridgehead atoms. The molecule has 12 heteroatoms. The normalized spacial score (nSPS) is 19.7. The van der Waals surface area contributed by atoms with Crippen molar-refractivity contribution in [3.05, 3.63) is 69.8 Å². The monoisotopic (exact) mass is 670 g/mol. The molecule has 0 radical (unpaired) electrons. The second-order valence-electron chi connectivity index (χ2n) is 13.0. The maximum Gasteiger partial charge on any atom is 0.410 e. The van der Waals surface area contributed by atoms with Crippen LogP contribution in [0.4, 0.5) is 16.4 Å². The number of anilines is 2. The van der Waals surface area contributed by atoms with Crippen LogP contribution in [0, 0.1) is 0 Å². The van der Waals surface area contributed by atoms with E-state index >= 15 is 0 Å². The number of hydrogen-bond donors (Lipinski definition) is 4. The van der Waals surface area contributed by atoms with Gasteiger partial charge in [0, 0.05) is 46.8 Å². The minimum atomic E-state index is -1.07. The first-order valence-electron chi connectivity index (χ1n) is 15.9. The number of aromatic nitrogens is 2. The number of amides is 1. The summed E-state index contributed by atoms with van der Waals surface area (Å²) in [6, 6.07) is 13.0. The van der Waals surface area contributed by atoms with Crippen LogP contribution in [-0.2, 0) is 22.6 Å². The smallest absolute Gasteiger partial charge is 0.410 e. The van der Waals surface area contributed by atoms with Gasteiger partial charge in [0.05, 0.1) is 24.0 Å². The molecule has 0 spiro atoms. The summed E-state index contributed by atoms with van der Waals surface area (Å²) >= 11 is 12.6. The number of nitrogens with one attached hydrogen (secondary N) is 2. The lowest BCUT2D eigenvalue weighted by Crippen LogP contribution is -2.57. The average molecular weight is 672 g/mol. The molecule has 1 saturated heterocycles. The summed E-state index contributed by atoms with van der Waals surface area (Å²) in [5.74, 6) is 0.730. The van der Waals surface area contributed by atoms with Gasteiger partial charge >= 0.3 is 6.09 Å². The number of halogens is 2. The lowest BCUT2D eigenvalue weighted by molar-refractivity contribution is -0.175. The Labute approximate surface area is 281 Å². The molecule has 1 saturated carbocycles. The van der Waals surface area contributed by atoms with Crippen LogP contribution in [0.25, 0.3) is 11.3 Å². The van der Waals surface area contributed by atoms with Crippen molar-refractivity contribution < 1.29 is 19.4 Å². The molecule has 2 heterocycles. The fourth-order valence-electron chi connectivity index (χ4n) is 5.91. The number of benzene rings is 2. The van der Waals surface area contributed by atoms with Crippen LogP contribution in [0.15, 0.2) is 48.7 Å². The molecule has 2 unspecified atom stereocenters. The molecular weight excluding hydrogens is 627 g/mol. The zero-order valence-electron chi connectivity index (χ0n) is 26.6. The number of aliphatic hydroxyl groups excluding tert-OH is 1. The fourth-order valence-corrected chi connectivity index (χ4v) is 6.44. The summed E-state index contributed by atoms with van der Waals surface area (Å²) in [5, 5.41) is 19.1. The highest BCUT2D eigenvalue weighted by molar-refractivity contribution is 6.36. The number of ether oxygens (including phenoxy) is 2. The van der Waals surface area contributed by atoms with Gasteiger partial charge in [-0.1, -0.05) is 66.4 Å². The third kappa shape index (κ3) is 9.01. The van der Waals surface area contributed by atoms with Gasteiger partial charge in [0.1, 0.15) is 5.60 Å². The molecule has 3 aromatic rings. The molecular formula is C34H44Cl2N6O4. The fraction of sp³-hybridized carbons (Fsp3) is 0.500. The van der Waals surface area contributed by atoms with Crippen molar-refractivity contribution >= 4 is 40.9 Å². The summed E-state index contributed by atoms with van der Waals surface area (Å²) < 4.78 is 11.7. The van der Waals surface area contributed by atoms with Gasteiger partial charge in [0.25, 0.3) is 0 Å². The Morgan fingerprint density at radius 3 is 2.46 bits per heavy atom. The second kappa shape index (κ2) is 15.2. The molecule has 2 aliphatic rings. The summed E-state index contributed by atoms with van der Waals surface area (Å²) in [6.45, 7) is 6.99. The van der Waals surface area contributed by atoms with Crippen LogP contribution >= 0.6 is 23.2 Å². The summed E-state index contributed by atoms with van der Waals surface area (Å²) in [5.41, 5.74) is 8.90. The molecule has 1 aromatic heterocycles. The number of carbonyl (C=O) groups excluding carboxylic acids is 1. The van der Waals surface area contributed by atoms with E-state index in [2.05, 4.69) is 15.6 Å². The van der Waals surface area contributed by atoms with Gasteiger partial charge in [-0.15, -0.1) is 0 Å². The Balaban J connectivity index is 1.20. The standard InChI is InChI=1S/C34H44Cl2N6O4/c1-34(2,3)46-33(44)42-16-15-23(17-29(42)32(43)45-24-7-4-5-8-24)38-18-21-11-13-22(14-12-21)28-20-39-30(37)31(41-28)40-19-25-26(35)9-6-10-27(25)36/h6,9-14,20,23-24,29,32,38,43H,4-5,7-8,15-19H2,1-3H3,(H2,37,39)(H,40,41)/t23?,29-,32?/m1/s1. The maximum absolute atomic E-state index is 13.1. The van der Waals surface area contributed by atoms with Gasteiger partial charge in [0.15, 0.2) is 17.9 Å². The number of piperidine rings is 1. The van der Waals surface area contributed by atoms with Crippen LogP contribution in [0.5, 0.6) is 0 Å². The summed E-state index contributed by atoms with van der Waals surface area (Å²) in [7, 11) is 0. The van der Waals surface area contributed by atoms with Crippen molar-refractivity contribution in [1.29, 1.82) is 0 Å². The minimum Gasteiger partial charge on any atom is -0.444 e. The lowest BCUT2D eigenvalue weighted by atomic mass is 9.96. The Morgan fingerprint density at radius 2 is 1.78 bits per heavy atom. The Morgan fingerprint density at radius 1 is 1.09 bits per heavy atom. The Bertz CT molecular complexity index is 1460. The van der Waals surface area contributed by atoms with E-state index in [1.54, 1.807) is 29.3 Å². The van der Waals surface area contributed by atoms with Gasteiger partial charge in [-0.3, -0.25) is 4.90 Å². The van der Waals surface area contributed by atoms with Gasteiger partial charge in [-0.25, -0.2) is 14.8 Å². The number of carbonyl (C=O) groups is 1. The lowest BCUT2D eigenvalue weighted by Gasteiger charge is -2.42. The largest absolute Gasteiger partial charge is 0.444 e. The summed E-state index contributed by atoms with van der Waals surface area (Å²) in [6.07, 6.45) is 5.55. The first-order chi connectivity index (χ1) is 22.0. The Hall–Kier alpha value is -3.15. The van der Waals surface area contributed by atoms with Crippen LogP contribution in [0.3, 0.4) is 0 Å². The molecule has 46 heavy (non-hydrogen) atoms. The van der Waals surface area contributed by atoms with E-state index in [4.69, 9.17) is 43.4 Å². The molecule has 2 aromatic carbocycles. The second-order valence-corrected chi connectivity index (χ2v) is 13.8. The number of likely N-dealkylation sites (tertiary alicyclic amines) is 1. The quantitative estimate of drug-likeness (QED) is 0.172. The molecule has 248 valence electrons. The van der Waals surface area contributed by atoms with Crippen LogP contribution < -0.4 is 16.4 Å². The van der Waals surface area contributed by atoms with Crippen LogP contribution in [0.2, 0.25) is 10.0 Å². The first kappa shape index (κ1) is 34.2. The van der Waals surface area contributed by atoms with Crippen molar-refractivity contribution in [2.75, 3.05) is 17.6 Å². The molecule has 2 fully saturated rings. The minimum absolute atomic E-state index is 0.0285. The maximum atomic E-state index is 13.1. The number of nitrogens with two attached hydrogens (primary N) is 1. The predicted molar refractivity (Wildman–Crippen MR) is 182 cm³/mol. The third-order valence-electron chi connectivity index (χ3n) is 8.38. The van der Waals surface area contributed by atoms with Crippen molar-refractivity contribution in [3.63, 3.8) is 0 Å². The topological polar surface area (TPSA) is 135 Å². The summed E-state index contributed by atoms with van der Waals surface area (Å²) in [4.78, 5) is 23.7. The third-order valence-corrected chi connectivity index (χ3v) is 9.08. The molecule has 1 aliphatic heterocycles. The van der Waals surface area contributed by atoms with E-state index in [1.807, 2.05) is 45.0 Å². The number of nitrogen functional groups attached to an aromatic ring is 1. The molecule has 1 aliphatic carbocycles. The molecule has 10 nitrogen and oxygen atoms in total. The highest BCUT2D eigenvalue weighted by Crippen LogP contribution is 2.29. The van der Waals surface area contributed by atoms with Gasteiger partial charge < -0.3 is 30.9 Å². The van der Waals surface area contributed by atoms with Crippen molar-refractivity contribution in [2.24, 2.45) is 0 Å². The zero-order chi connectivity index (χ0) is 32.8. The first-order valence-corrected chi connectivity index (χ1v) is 16.7. The number of rotatable bonds is 10. The van der Waals surface area contributed by atoms with Crippen molar-refractivity contribution in [2.45, 2.75) is 102 Å². The van der Waals surface area contributed by atoms with Crippen molar-refractivity contribution in [1.82, 2.24) is 20.2 Å². The zero-order valence-corrected chi connectivity index (χ0v) is 28.2. The van der Waals surface area contributed by atoms with Gasteiger partial charge in [-0.2, -0.15) is 0 Å². The van der Waals surface area contributed by atoms with E-state index in [-0.39, 0.29) is 18.0 Å². The molecule has 1 amide bonds. The van der Waals surface area contributed by atoms with E-state index in [0.29, 0.717) is 47.6 Å². The average Bonchev–Trinajstić information content (AvgIpc) is 3.53. The molecule has 5 rings (SSSR count). The van der Waals surface area contributed by atoms with Gasteiger partial charge in [-0.05, 0) is 64.2 Å². The molecule has 5 N–H and O–H groups in total. The van der Waals surface area contributed by atoms with E-state index in [9.17, 15) is 9.90 Å². The van der Waals surface area contributed by atoms with E-state index in [0.717, 1.165) is 48.8 Å². The number of aliphatic hydroxyl groups is 1. The predicted octanol–water partition coefficient (Wildman–Crippen LogP) is 6.78. The SMILES string of the molecule is CC(C)(C)OC(=O)N1CCC(NCc2ccc(-c3cnc(N)c(NCc4c(Cl)cccc4Cl)n3)cc2)C[C@@H]1C(O)OC1CCCC1. The number of hydrogen-bond acceptors (Lipinski definition) is 9. The highest BCUT2D eigenvalue weighted by atomic mass is 35.5. The van der Waals surface area contributed by atoms with Gasteiger partial charge in [0.2, 0.25) is 0 Å². The van der Waals surface area contributed by atoms with E-state index < -0.39 is 24.0 Å². The molecule has 3 atom stereocenters. The van der Waals surface area contributed by atoms with Crippen LogP contribution in [-0.4, -0.2) is 62.7 Å².